The van der Waals surface area contributed by atoms with Gasteiger partial charge in [-0.25, -0.2) is 4.18 Å². The topological polar surface area (TPSA) is 69.7 Å². The predicted molar refractivity (Wildman–Crippen MR) is 44.2 cm³/mol. The molecule has 1 rings (SSSR count). The molecular weight excluding hydrogens is 196 g/mol. The zero-order valence-corrected chi connectivity index (χ0v) is 8.17. The summed E-state index contributed by atoms with van der Waals surface area (Å²) in [6.07, 6.45) is 3.60. The summed E-state index contributed by atoms with van der Waals surface area (Å²) in [5, 5.41) is 0. The molecule has 0 N–H and O–H groups in total. The number of hydrogen-bond donors (Lipinski definition) is 0. The summed E-state index contributed by atoms with van der Waals surface area (Å²) < 4.78 is 29.7. The maximum atomic E-state index is 11.0. The molecule has 0 bridgehead atoms. The summed E-state index contributed by atoms with van der Waals surface area (Å²) in [7, 11) is -3.51. The van der Waals surface area contributed by atoms with E-state index in [-0.39, 0.29) is 11.9 Å². The molecule has 5 nitrogen and oxygen atoms in total. The van der Waals surface area contributed by atoms with Crippen molar-refractivity contribution in [3.8, 4) is 0 Å². The van der Waals surface area contributed by atoms with Gasteiger partial charge in [-0.15, -0.1) is 0 Å². The number of carbonyl (C=O) groups excluding carboxylic acids is 1. The summed E-state index contributed by atoms with van der Waals surface area (Å²) in [6.45, 7) is -0.506. The van der Waals surface area contributed by atoms with Gasteiger partial charge in [0.1, 0.15) is 0 Å². The van der Waals surface area contributed by atoms with Crippen LogP contribution in [0.25, 0.3) is 0 Å². The Bertz CT molecular complexity index is 277. The number of esters is 1. The van der Waals surface area contributed by atoms with E-state index in [4.69, 9.17) is 0 Å². The van der Waals surface area contributed by atoms with Gasteiger partial charge in [0, 0.05) is 0 Å². The average molecular weight is 208 g/mol. The van der Waals surface area contributed by atoms with Crippen LogP contribution in [0.3, 0.4) is 0 Å². The quantitative estimate of drug-likeness (QED) is 0.376. The molecule has 1 aliphatic carbocycles. The standard InChI is InChI=1S/C7H12O5S/c1-13(9,10)12-5-11-7(8)6-3-2-4-6/h6H,2-5H2,1H3. The number of ether oxygens (including phenoxy) is 1. The molecule has 0 saturated heterocycles. The van der Waals surface area contributed by atoms with Crippen LogP contribution in [-0.2, 0) is 23.8 Å². The van der Waals surface area contributed by atoms with Crippen molar-refractivity contribution in [1.82, 2.24) is 0 Å². The Morgan fingerprint density at radius 2 is 2.08 bits per heavy atom. The van der Waals surface area contributed by atoms with E-state index in [1.165, 1.54) is 0 Å². The van der Waals surface area contributed by atoms with E-state index in [2.05, 4.69) is 8.92 Å². The summed E-state index contributed by atoms with van der Waals surface area (Å²) >= 11 is 0. The van der Waals surface area contributed by atoms with Gasteiger partial charge in [-0.2, -0.15) is 8.42 Å². The van der Waals surface area contributed by atoms with Gasteiger partial charge in [0.15, 0.2) is 0 Å². The fourth-order valence-electron chi connectivity index (χ4n) is 0.931. The number of rotatable bonds is 4. The molecule has 0 amide bonds. The first-order chi connectivity index (χ1) is 5.99. The van der Waals surface area contributed by atoms with Crippen molar-refractivity contribution in [3.63, 3.8) is 0 Å². The number of hydrogen-bond acceptors (Lipinski definition) is 5. The highest BCUT2D eigenvalue weighted by Crippen LogP contribution is 2.27. The Hall–Kier alpha value is -0.620. The van der Waals surface area contributed by atoms with Crippen molar-refractivity contribution in [2.24, 2.45) is 5.92 Å². The normalized spacial score (nSPS) is 17.9. The summed E-state index contributed by atoms with van der Waals surface area (Å²) in [4.78, 5) is 11.0. The average Bonchev–Trinajstić information content (AvgIpc) is 1.79. The van der Waals surface area contributed by atoms with Crippen LogP contribution >= 0.6 is 0 Å². The van der Waals surface area contributed by atoms with E-state index in [0.29, 0.717) is 0 Å². The highest BCUT2D eigenvalue weighted by molar-refractivity contribution is 7.85. The molecule has 1 aliphatic rings. The first kappa shape index (κ1) is 10.5. The monoisotopic (exact) mass is 208 g/mol. The van der Waals surface area contributed by atoms with Crippen LogP contribution in [0, 0.1) is 5.92 Å². The minimum absolute atomic E-state index is 0.0526. The SMILES string of the molecule is CS(=O)(=O)OCOC(=O)C1CCC1. The fraction of sp³-hybridized carbons (Fsp3) is 0.857. The fourth-order valence-corrected chi connectivity index (χ4v) is 1.15. The molecule has 0 aromatic carbocycles. The van der Waals surface area contributed by atoms with Crippen LogP contribution in [0.1, 0.15) is 19.3 Å². The van der Waals surface area contributed by atoms with Crippen molar-refractivity contribution in [2.75, 3.05) is 13.0 Å². The first-order valence-electron chi connectivity index (χ1n) is 4.00. The van der Waals surface area contributed by atoms with Crippen molar-refractivity contribution in [1.29, 1.82) is 0 Å². The summed E-state index contributed by atoms with van der Waals surface area (Å²) in [5.41, 5.74) is 0. The van der Waals surface area contributed by atoms with Gasteiger partial charge in [-0.1, -0.05) is 6.42 Å². The minimum atomic E-state index is -3.51. The van der Waals surface area contributed by atoms with Gasteiger partial charge in [0.25, 0.3) is 10.1 Å². The molecule has 0 radical (unpaired) electrons. The third-order valence-electron chi connectivity index (χ3n) is 1.90. The summed E-state index contributed by atoms with van der Waals surface area (Å²) in [6, 6.07) is 0. The molecule has 0 aliphatic heterocycles. The maximum absolute atomic E-state index is 11.0. The van der Waals surface area contributed by atoms with Crippen LogP contribution in [-0.4, -0.2) is 27.4 Å². The minimum Gasteiger partial charge on any atom is -0.437 e. The van der Waals surface area contributed by atoms with E-state index >= 15 is 0 Å². The van der Waals surface area contributed by atoms with E-state index in [0.717, 1.165) is 25.5 Å². The van der Waals surface area contributed by atoms with Gasteiger partial charge >= 0.3 is 5.97 Å². The molecule has 76 valence electrons. The highest BCUT2D eigenvalue weighted by Gasteiger charge is 2.26. The maximum Gasteiger partial charge on any atom is 0.311 e. The Labute approximate surface area is 77.1 Å². The Morgan fingerprint density at radius 1 is 1.46 bits per heavy atom. The predicted octanol–water partition coefficient (Wildman–Crippen LogP) is 0.263. The Morgan fingerprint density at radius 3 is 2.46 bits per heavy atom. The number of carbonyl (C=O) groups is 1. The lowest BCUT2D eigenvalue weighted by Crippen LogP contribution is -2.25. The first-order valence-corrected chi connectivity index (χ1v) is 5.82. The Balaban J connectivity index is 2.15. The van der Waals surface area contributed by atoms with Crippen molar-refractivity contribution < 1.29 is 22.1 Å². The van der Waals surface area contributed by atoms with Crippen LogP contribution in [0.2, 0.25) is 0 Å². The molecule has 0 atom stereocenters. The smallest absolute Gasteiger partial charge is 0.311 e. The second kappa shape index (κ2) is 4.06. The molecule has 6 heteroatoms. The van der Waals surface area contributed by atoms with Crippen LogP contribution in [0.15, 0.2) is 0 Å². The zero-order valence-electron chi connectivity index (χ0n) is 7.36. The van der Waals surface area contributed by atoms with Crippen molar-refractivity contribution >= 4 is 16.1 Å². The lowest BCUT2D eigenvalue weighted by molar-refractivity contribution is -0.157. The van der Waals surface area contributed by atoms with Crippen LogP contribution in [0.4, 0.5) is 0 Å². The molecule has 13 heavy (non-hydrogen) atoms. The molecule has 0 spiro atoms. The van der Waals surface area contributed by atoms with Crippen molar-refractivity contribution in [2.45, 2.75) is 19.3 Å². The van der Waals surface area contributed by atoms with E-state index in [1.807, 2.05) is 0 Å². The molecule has 1 saturated carbocycles. The molecule has 0 aromatic rings. The lowest BCUT2D eigenvalue weighted by atomic mass is 9.86. The zero-order chi connectivity index (χ0) is 9.90. The van der Waals surface area contributed by atoms with Gasteiger partial charge in [0.2, 0.25) is 6.79 Å². The Kier molecular flexibility index (Phi) is 3.27. The van der Waals surface area contributed by atoms with Gasteiger partial charge in [-0.3, -0.25) is 4.79 Å². The largest absolute Gasteiger partial charge is 0.437 e. The van der Waals surface area contributed by atoms with Crippen LogP contribution < -0.4 is 0 Å². The lowest BCUT2D eigenvalue weighted by Gasteiger charge is -2.22. The second-order valence-electron chi connectivity index (χ2n) is 3.03. The second-order valence-corrected chi connectivity index (χ2v) is 4.67. The van der Waals surface area contributed by atoms with E-state index in [1.54, 1.807) is 0 Å². The molecule has 0 aromatic heterocycles. The van der Waals surface area contributed by atoms with Crippen LogP contribution in [0.5, 0.6) is 0 Å². The summed E-state index contributed by atoms with van der Waals surface area (Å²) in [5.74, 6) is -0.418. The van der Waals surface area contributed by atoms with Gasteiger partial charge in [-0.05, 0) is 12.8 Å². The molecular formula is C7H12O5S. The molecule has 0 unspecified atom stereocenters. The molecule has 0 heterocycles. The van der Waals surface area contributed by atoms with Gasteiger partial charge in [0.05, 0.1) is 12.2 Å². The third-order valence-corrected chi connectivity index (χ3v) is 2.43. The molecule has 1 fully saturated rings. The van der Waals surface area contributed by atoms with E-state index in [9.17, 15) is 13.2 Å². The highest BCUT2D eigenvalue weighted by atomic mass is 32.2. The van der Waals surface area contributed by atoms with Crippen molar-refractivity contribution in [3.05, 3.63) is 0 Å². The van der Waals surface area contributed by atoms with Gasteiger partial charge < -0.3 is 4.74 Å². The van der Waals surface area contributed by atoms with E-state index < -0.39 is 16.9 Å². The third kappa shape index (κ3) is 3.73.